The molecule has 0 aliphatic carbocycles. The third-order valence-electron chi connectivity index (χ3n) is 3.37. The van der Waals surface area contributed by atoms with E-state index in [0.717, 1.165) is 36.3 Å². The number of rotatable bonds is 2. The lowest BCUT2D eigenvalue weighted by molar-refractivity contribution is -0.118. The van der Waals surface area contributed by atoms with Gasteiger partial charge in [0.15, 0.2) is 0 Å². The average molecular weight is 245 g/mol. The molecule has 5 heteroatoms. The molecule has 5 nitrogen and oxygen atoms in total. The number of fused-ring (bicyclic) bond motifs is 1. The molecule has 2 aliphatic heterocycles. The van der Waals surface area contributed by atoms with Crippen molar-refractivity contribution in [2.75, 3.05) is 17.2 Å². The van der Waals surface area contributed by atoms with Crippen LogP contribution in [0.2, 0.25) is 0 Å². The molecule has 2 heterocycles. The van der Waals surface area contributed by atoms with E-state index >= 15 is 0 Å². The van der Waals surface area contributed by atoms with E-state index < -0.39 is 0 Å². The lowest BCUT2D eigenvalue weighted by atomic mass is 10.1. The van der Waals surface area contributed by atoms with Crippen molar-refractivity contribution in [3.05, 3.63) is 23.8 Å². The summed E-state index contributed by atoms with van der Waals surface area (Å²) < 4.78 is 0. The molecule has 94 valence electrons. The van der Waals surface area contributed by atoms with E-state index in [2.05, 4.69) is 16.0 Å². The minimum atomic E-state index is -0.0852. The number of carbonyl (C=O) groups excluding carboxylic acids is 2. The fourth-order valence-electron chi connectivity index (χ4n) is 2.44. The van der Waals surface area contributed by atoms with Crippen molar-refractivity contribution < 1.29 is 9.59 Å². The Hall–Kier alpha value is -1.88. The van der Waals surface area contributed by atoms with Gasteiger partial charge in [0.1, 0.15) is 0 Å². The van der Waals surface area contributed by atoms with Gasteiger partial charge in [0.2, 0.25) is 11.8 Å². The molecule has 0 spiro atoms. The molecule has 1 aromatic carbocycles. The molecule has 0 aromatic heterocycles. The number of hydrogen-bond donors (Lipinski definition) is 3. The molecule has 2 aliphatic rings. The van der Waals surface area contributed by atoms with E-state index in [4.69, 9.17) is 0 Å². The van der Waals surface area contributed by atoms with Crippen molar-refractivity contribution in [3.63, 3.8) is 0 Å². The summed E-state index contributed by atoms with van der Waals surface area (Å²) in [7, 11) is 0. The third kappa shape index (κ3) is 2.09. The number of anilines is 2. The maximum Gasteiger partial charge on any atom is 0.241 e. The third-order valence-corrected chi connectivity index (χ3v) is 3.37. The molecule has 0 bridgehead atoms. The summed E-state index contributed by atoms with van der Waals surface area (Å²) in [6.45, 7) is 0.903. The number of amides is 2. The van der Waals surface area contributed by atoms with Crippen LogP contribution in [0.5, 0.6) is 0 Å². The second-order valence-electron chi connectivity index (χ2n) is 4.74. The fourth-order valence-corrected chi connectivity index (χ4v) is 2.44. The van der Waals surface area contributed by atoms with Crippen molar-refractivity contribution in [3.8, 4) is 0 Å². The second kappa shape index (κ2) is 4.42. The van der Waals surface area contributed by atoms with Crippen LogP contribution in [-0.4, -0.2) is 24.4 Å². The van der Waals surface area contributed by atoms with Crippen molar-refractivity contribution in [1.82, 2.24) is 5.32 Å². The Bertz CT molecular complexity index is 507. The van der Waals surface area contributed by atoms with Gasteiger partial charge in [0.25, 0.3) is 0 Å². The van der Waals surface area contributed by atoms with Gasteiger partial charge < -0.3 is 16.0 Å². The second-order valence-corrected chi connectivity index (χ2v) is 4.74. The van der Waals surface area contributed by atoms with Crippen molar-refractivity contribution in [1.29, 1.82) is 0 Å². The molecule has 1 saturated heterocycles. The molecule has 1 atom stereocenters. The predicted octanol–water partition coefficient (Wildman–Crippen LogP) is 0.872. The van der Waals surface area contributed by atoms with E-state index in [0.29, 0.717) is 6.42 Å². The zero-order valence-electron chi connectivity index (χ0n) is 9.95. The van der Waals surface area contributed by atoms with E-state index in [9.17, 15) is 9.59 Å². The number of benzene rings is 1. The van der Waals surface area contributed by atoms with Gasteiger partial charge in [0, 0.05) is 11.4 Å². The normalized spacial score (nSPS) is 21.6. The summed E-state index contributed by atoms with van der Waals surface area (Å²) in [5.41, 5.74) is 2.54. The van der Waals surface area contributed by atoms with Crippen LogP contribution in [0.25, 0.3) is 0 Å². The molecule has 1 unspecified atom stereocenters. The Morgan fingerprint density at radius 2 is 2.28 bits per heavy atom. The molecule has 3 rings (SSSR count). The molecule has 0 radical (unpaired) electrons. The van der Waals surface area contributed by atoms with Crippen LogP contribution in [0.3, 0.4) is 0 Å². The lowest BCUT2D eigenvalue weighted by Crippen LogP contribution is -2.35. The first-order valence-corrected chi connectivity index (χ1v) is 6.19. The largest absolute Gasteiger partial charge is 0.326 e. The lowest BCUT2D eigenvalue weighted by Gasteiger charge is -2.11. The van der Waals surface area contributed by atoms with Crippen LogP contribution in [0.1, 0.15) is 18.4 Å². The van der Waals surface area contributed by atoms with E-state index in [-0.39, 0.29) is 17.9 Å². The molecule has 1 aromatic rings. The summed E-state index contributed by atoms with van der Waals surface area (Å²) in [4.78, 5) is 23.2. The van der Waals surface area contributed by atoms with E-state index in [1.54, 1.807) is 0 Å². The standard InChI is InChI=1S/C13H15N3O2/c17-12-7-8-6-9(3-4-10(8)16-12)15-13(18)11-2-1-5-14-11/h3-4,6,11,14H,1-2,5,7H2,(H,15,18)(H,16,17). The van der Waals surface area contributed by atoms with Gasteiger partial charge in [0.05, 0.1) is 12.5 Å². The smallest absolute Gasteiger partial charge is 0.241 e. The summed E-state index contributed by atoms with van der Waals surface area (Å²) in [6.07, 6.45) is 2.32. The van der Waals surface area contributed by atoms with Gasteiger partial charge in [-0.15, -0.1) is 0 Å². The van der Waals surface area contributed by atoms with Gasteiger partial charge in [-0.1, -0.05) is 0 Å². The molecular formula is C13H15N3O2. The maximum absolute atomic E-state index is 11.9. The van der Waals surface area contributed by atoms with Crippen LogP contribution < -0.4 is 16.0 Å². The van der Waals surface area contributed by atoms with Gasteiger partial charge in [-0.2, -0.15) is 0 Å². The van der Waals surface area contributed by atoms with Crippen molar-refractivity contribution in [2.24, 2.45) is 0 Å². The van der Waals surface area contributed by atoms with Gasteiger partial charge in [-0.3, -0.25) is 9.59 Å². The van der Waals surface area contributed by atoms with Crippen LogP contribution in [0, 0.1) is 0 Å². The Kier molecular flexibility index (Phi) is 2.76. The molecule has 2 amide bonds. The van der Waals surface area contributed by atoms with Crippen LogP contribution in [-0.2, 0) is 16.0 Å². The number of hydrogen-bond acceptors (Lipinski definition) is 3. The highest BCUT2D eigenvalue weighted by Crippen LogP contribution is 2.26. The first kappa shape index (κ1) is 11.2. The average Bonchev–Trinajstić information content (AvgIpc) is 2.95. The summed E-state index contributed by atoms with van der Waals surface area (Å²) in [6, 6.07) is 5.42. The molecule has 18 heavy (non-hydrogen) atoms. The van der Waals surface area contributed by atoms with E-state index in [1.165, 1.54) is 0 Å². The summed E-state index contributed by atoms with van der Waals surface area (Å²) >= 11 is 0. The Morgan fingerprint density at radius 3 is 3.06 bits per heavy atom. The molecular weight excluding hydrogens is 230 g/mol. The zero-order chi connectivity index (χ0) is 12.5. The first-order chi connectivity index (χ1) is 8.72. The summed E-state index contributed by atoms with van der Waals surface area (Å²) in [5.74, 6) is 0.00988. The molecule has 1 fully saturated rings. The number of nitrogens with one attached hydrogen (secondary N) is 3. The van der Waals surface area contributed by atoms with Gasteiger partial charge in [-0.25, -0.2) is 0 Å². The Balaban J connectivity index is 1.72. The molecule has 0 saturated carbocycles. The monoisotopic (exact) mass is 245 g/mol. The Labute approximate surface area is 105 Å². The van der Waals surface area contributed by atoms with Crippen molar-refractivity contribution >= 4 is 23.2 Å². The van der Waals surface area contributed by atoms with Crippen LogP contribution >= 0.6 is 0 Å². The van der Waals surface area contributed by atoms with Crippen molar-refractivity contribution in [2.45, 2.75) is 25.3 Å². The number of carbonyl (C=O) groups is 2. The topological polar surface area (TPSA) is 70.2 Å². The SMILES string of the molecule is O=C1Cc2cc(NC(=O)C3CCCN3)ccc2N1. The highest BCUT2D eigenvalue weighted by atomic mass is 16.2. The summed E-state index contributed by atoms with van der Waals surface area (Å²) in [5, 5.41) is 8.81. The first-order valence-electron chi connectivity index (χ1n) is 6.19. The highest BCUT2D eigenvalue weighted by molar-refractivity contribution is 6.00. The minimum Gasteiger partial charge on any atom is -0.326 e. The van der Waals surface area contributed by atoms with E-state index in [1.807, 2.05) is 18.2 Å². The zero-order valence-corrected chi connectivity index (χ0v) is 9.95. The van der Waals surface area contributed by atoms with Crippen LogP contribution in [0.4, 0.5) is 11.4 Å². The Morgan fingerprint density at radius 1 is 1.39 bits per heavy atom. The highest BCUT2D eigenvalue weighted by Gasteiger charge is 2.23. The predicted molar refractivity (Wildman–Crippen MR) is 68.4 cm³/mol. The molecule has 3 N–H and O–H groups in total. The van der Waals surface area contributed by atoms with Gasteiger partial charge in [-0.05, 0) is 43.1 Å². The maximum atomic E-state index is 11.9. The quantitative estimate of drug-likeness (QED) is 0.724. The van der Waals surface area contributed by atoms with Gasteiger partial charge >= 0.3 is 0 Å². The minimum absolute atomic E-state index is 0.00438. The fraction of sp³-hybridized carbons (Fsp3) is 0.385. The van der Waals surface area contributed by atoms with Crippen LogP contribution in [0.15, 0.2) is 18.2 Å².